The molecular formula is C5H9N2O. The number of hydrogen-bond donors (Lipinski definition) is 2. The minimum Gasteiger partial charge on any atom is -0.304 e. The number of hydrogen-bond acceptors (Lipinski definition) is 3. The zero-order valence-electron chi connectivity index (χ0n) is 4.61. The van der Waals surface area contributed by atoms with Gasteiger partial charge in [0.2, 0.25) is 6.29 Å². The Morgan fingerprint density at radius 1 is 1.38 bits per heavy atom. The Hall–Kier alpha value is -0.410. The van der Waals surface area contributed by atoms with Crippen LogP contribution in [0.2, 0.25) is 0 Å². The summed E-state index contributed by atoms with van der Waals surface area (Å²) < 4.78 is 0. The van der Waals surface area contributed by atoms with Crippen LogP contribution in [0.5, 0.6) is 0 Å². The summed E-state index contributed by atoms with van der Waals surface area (Å²) in [5, 5.41) is 6.02. The zero-order valence-corrected chi connectivity index (χ0v) is 4.61. The lowest BCUT2D eigenvalue weighted by atomic mass is 10.1. The average molecular weight is 113 g/mol. The predicted molar refractivity (Wildman–Crippen MR) is 30.1 cm³/mol. The molecule has 0 amide bonds. The molecule has 0 aromatic rings. The molecule has 0 aromatic carbocycles. The van der Waals surface area contributed by atoms with E-state index in [4.69, 9.17) is 0 Å². The van der Waals surface area contributed by atoms with Gasteiger partial charge in [-0.2, -0.15) is 0 Å². The van der Waals surface area contributed by atoms with Crippen LogP contribution in [0.4, 0.5) is 0 Å². The fourth-order valence-electron chi connectivity index (χ4n) is 0.737. The third-order valence-corrected chi connectivity index (χ3v) is 1.20. The molecule has 1 saturated heterocycles. The maximum absolute atomic E-state index is 9.95. The van der Waals surface area contributed by atoms with Gasteiger partial charge in [0.15, 0.2) is 0 Å². The van der Waals surface area contributed by atoms with Crippen LogP contribution in [0.1, 0.15) is 0 Å². The molecule has 0 aromatic heterocycles. The van der Waals surface area contributed by atoms with Crippen molar-refractivity contribution in [2.24, 2.45) is 5.92 Å². The maximum Gasteiger partial charge on any atom is 0.204 e. The van der Waals surface area contributed by atoms with Crippen LogP contribution in [0.15, 0.2) is 0 Å². The third-order valence-electron chi connectivity index (χ3n) is 1.20. The van der Waals surface area contributed by atoms with Crippen LogP contribution in [-0.4, -0.2) is 26.0 Å². The molecule has 0 unspecified atom stereocenters. The highest BCUT2D eigenvalue weighted by atomic mass is 16.1. The molecule has 1 radical (unpaired) electrons. The Kier molecular flexibility index (Phi) is 2.00. The first kappa shape index (κ1) is 5.72. The topological polar surface area (TPSA) is 41.1 Å². The standard InChI is InChI=1S/C5H9N2O/c8-3-5-1-6-4-7-2-5/h5-7H,1-2,4H2. The van der Waals surface area contributed by atoms with Gasteiger partial charge in [0.25, 0.3) is 0 Å². The van der Waals surface area contributed by atoms with E-state index in [1.54, 1.807) is 0 Å². The van der Waals surface area contributed by atoms with Crippen molar-refractivity contribution < 1.29 is 4.79 Å². The van der Waals surface area contributed by atoms with E-state index in [1.165, 1.54) is 0 Å². The molecule has 0 aliphatic carbocycles. The van der Waals surface area contributed by atoms with Crippen LogP contribution >= 0.6 is 0 Å². The Bertz CT molecular complexity index is 78.5. The van der Waals surface area contributed by atoms with E-state index in [0.717, 1.165) is 19.8 Å². The molecule has 3 heteroatoms. The lowest BCUT2D eigenvalue weighted by molar-refractivity contribution is 0.421. The predicted octanol–water partition coefficient (Wildman–Crippen LogP) is -1.14. The van der Waals surface area contributed by atoms with Gasteiger partial charge >= 0.3 is 0 Å². The molecule has 1 fully saturated rings. The highest BCUT2D eigenvalue weighted by Gasteiger charge is 2.10. The second kappa shape index (κ2) is 2.79. The van der Waals surface area contributed by atoms with E-state index >= 15 is 0 Å². The maximum atomic E-state index is 9.95. The molecule has 0 saturated carbocycles. The minimum absolute atomic E-state index is 0.0590. The van der Waals surface area contributed by atoms with E-state index in [-0.39, 0.29) is 5.92 Å². The molecule has 8 heavy (non-hydrogen) atoms. The molecule has 3 nitrogen and oxygen atoms in total. The van der Waals surface area contributed by atoms with Gasteiger partial charge in [-0.3, -0.25) is 4.79 Å². The molecule has 1 aliphatic heterocycles. The molecule has 1 rings (SSSR count). The normalized spacial score (nSPS) is 23.0. The van der Waals surface area contributed by atoms with Gasteiger partial charge in [-0.1, -0.05) is 0 Å². The van der Waals surface area contributed by atoms with Crippen molar-refractivity contribution in [3.63, 3.8) is 0 Å². The van der Waals surface area contributed by atoms with Crippen molar-refractivity contribution in [2.45, 2.75) is 0 Å². The van der Waals surface area contributed by atoms with Crippen molar-refractivity contribution in [3.05, 3.63) is 0 Å². The van der Waals surface area contributed by atoms with Crippen LogP contribution in [0, 0.1) is 5.92 Å². The fourth-order valence-corrected chi connectivity index (χ4v) is 0.737. The number of carbonyl (C=O) groups excluding carboxylic acids is 1. The van der Waals surface area contributed by atoms with Crippen molar-refractivity contribution in [1.82, 2.24) is 10.6 Å². The van der Waals surface area contributed by atoms with Crippen molar-refractivity contribution in [1.29, 1.82) is 0 Å². The minimum atomic E-state index is 0.0590. The lowest BCUT2D eigenvalue weighted by Crippen LogP contribution is -2.44. The Labute approximate surface area is 48.5 Å². The summed E-state index contributed by atoms with van der Waals surface area (Å²) >= 11 is 0. The molecule has 1 heterocycles. The highest BCUT2D eigenvalue weighted by molar-refractivity contribution is 5.55. The summed E-state index contributed by atoms with van der Waals surface area (Å²) in [6.45, 7) is 2.37. The van der Waals surface area contributed by atoms with Gasteiger partial charge in [0, 0.05) is 19.8 Å². The summed E-state index contributed by atoms with van der Waals surface area (Å²) in [4.78, 5) is 9.95. The Morgan fingerprint density at radius 2 is 2.00 bits per heavy atom. The van der Waals surface area contributed by atoms with E-state index in [0.29, 0.717) is 0 Å². The Balaban J connectivity index is 2.22. The largest absolute Gasteiger partial charge is 0.304 e. The van der Waals surface area contributed by atoms with E-state index in [9.17, 15) is 4.79 Å². The first-order valence-corrected chi connectivity index (χ1v) is 2.72. The number of nitrogens with one attached hydrogen (secondary N) is 2. The van der Waals surface area contributed by atoms with E-state index in [2.05, 4.69) is 10.6 Å². The smallest absolute Gasteiger partial charge is 0.204 e. The first-order valence-electron chi connectivity index (χ1n) is 2.72. The van der Waals surface area contributed by atoms with Crippen LogP contribution in [-0.2, 0) is 4.79 Å². The van der Waals surface area contributed by atoms with Gasteiger partial charge in [0.1, 0.15) is 0 Å². The monoisotopic (exact) mass is 113 g/mol. The van der Waals surface area contributed by atoms with Gasteiger partial charge in [-0.15, -0.1) is 0 Å². The van der Waals surface area contributed by atoms with Gasteiger partial charge in [-0.05, 0) is 0 Å². The molecule has 45 valence electrons. The second-order valence-electron chi connectivity index (χ2n) is 1.90. The number of rotatable bonds is 1. The summed E-state index contributed by atoms with van der Waals surface area (Å²) in [5.41, 5.74) is 0. The summed E-state index contributed by atoms with van der Waals surface area (Å²) in [6.07, 6.45) is 1.93. The third kappa shape index (κ3) is 1.28. The van der Waals surface area contributed by atoms with E-state index < -0.39 is 0 Å². The van der Waals surface area contributed by atoms with Gasteiger partial charge in [0.05, 0.1) is 5.92 Å². The molecule has 0 atom stereocenters. The highest BCUT2D eigenvalue weighted by Crippen LogP contribution is 1.89. The average Bonchev–Trinajstić information content (AvgIpc) is 1.90. The fraction of sp³-hybridized carbons (Fsp3) is 0.800. The van der Waals surface area contributed by atoms with Crippen molar-refractivity contribution in [3.8, 4) is 0 Å². The second-order valence-corrected chi connectivity index (χ2v) is 1.90. The van der Waals surface area contributed by atoms with Gasteiger partial charge < -0.3 is 10.6 Å². The Morgan fingerprint density at radius 3 is 2.38 bits per heavy atom. The van der Waals surface area contributed by atoms with Crippen molar-refractivity contribution >= 4 is 6.29 Å². The summed E-state index contributed by atoms with van der Waals surface area (Å²) in [6, 6.07) is 0. The van der Waals surface area contributed by atoms with E-state index in [1.807, 2.05) is 6.29 Å². The van der Waals surface area contributed by atoms with Gasteiger partial charge in [-0.25, -0.2) is 0 Å². The molecule has 2 N–H and O–H groups in total. The summed E-state index contributed by atoms with van der Waals surface area (Å²) in [5.74, 6) is 0.0590. The zero-order chi connectivity index (χ0) is 5.82. The quantitative estimate of drug-likeness (QED) is 0.452. The molecule has 0 bridgehead atoms. The SMILES string of the molecule is O=[C]C1CNCNC1. The van der Waals surface area contributed by atoms with Crippen molar-refractivity contribution in [2.75, 3.05) is 19.8 Å². The lowest BCUT2D eigenvalue weighted by Gasteiger charge is -2.17. The summed E-state index contributed by atoms with van der Waals surface area (Å²) in [7, 11) is 0. The van der Waals surface area contributed by atoms with Crippen LogP contribution in [0.3, 0.4) is 0 Å². The molecule has 0 spiro atoms. The van der Waals surface area contributed by atoms with Crippen LogP contribution < -0.4 is 10.6 Å². The molecular weight excluding hydrogens is 104 g/mol. The molecule has 1 aliphatic rings. The van der Waals surface area contributed by atoms with Crippen LogP contribution in [0.25, 0.3) is 0 Å². The first-order chi connectivity index (χ1) is 3.93.